The summed E-state index contributed by atoms with van der Waals surface area (Å²) in [5, 5.41) is 4.90. The van der Waals surface area contributed by atoms with E-state index in [0.29, 0.717) is 17.7 Å². The van der Waals surface area contributed by atoms with Crippen LogP contribution in [-0.4, -0.2) is 16.8 Å². The second kappa shape index (κ2) is 6.22. The fraction of sp³-hybridized carbons (Fsp3) is 0.0769. The van der Waals surface area contributed by atoms with Crippen molar-refractivity contribution in [3.8, 4) is 0 Å². The van der Waals surface area contributed by atoms with Gasteiger partial charge in [0.2, 0.25) is 10.0 Å². The van der Waals surface area contributed by atoms with Crippen LogP contribution in [0.15, 0.2) is 47.4 Å². The average Bonchev–Trinajstić information content (AvgIpc) is 2.42. The Hall–Kier alpha value is -2.04. The zero-order valence-corrected chi connectivity index (χ0v) is 13.2. The second-order valence-corrected chi connectivity index (χ2v) is 7.98. The van der Waals surface area contributed by atoms with E-state index >= 15 is 0 Å². The monoisotopic (exact) mass is 362 g/mol. The number of primary sulfonamides is 1. The Balaban J connectivity index is 2.22. The molecule has 0 atom stereocenters. The summed E-state index contributed by atoms with van der Waals surface area (Å²) in [5.74, 6) is -2.82. The molecule has 0 amide bonds. The lowest BCUT2D eigenvalue weighted by atomic mass is 10.2. The van der Waals surface area contributed by atoms with Gasteiger partial charge in [0, 0.05) is 5.69 Å². The van der Waals surface area contributed by atoms with Crippen LogP contribution in [0.3, 0.4) is 0 Å². The molecular weight excluding hydrogens is 350 g/mol. The summed E-state index contributed by atoms with van der Waals surface area (Å²) in [4.78, 5) is -0.440. The second-order valence-electron chi connectivity index (χ2n) is 4.69. The Morgan fingerprint density at radius 3 is 2.04 bits per heavy atom. The van der Waals surface area contributed by atoms with Crippen molar-refractivity contribution in [3.05, 3.63) is 59.7 Å². The van der Waals surface area contributed by atoms with Gasteiger partial charge in [-0.1, -0.05) is 12.1 Å². The first-order valence-corrected chi connectivity index (χ1v) is 9.34. The Kier molecular flexibility index (Phi) is 4.68. The summed E-state index contributed by atoms with van der Waals surface area (Å²) in [5.41, 5.74) is 0.510. The van der Waals surface area contributed by atoms with Gasteiger partial charge in [-0.25, -0.2) is 30.8 Å². The molecule has 6 nitrogen and oxygen atoms in total. The quantitative estimate of drug-likeness (QED) is 0.842. The first kappa shape index (κ1) is 17.3. The smallest absolute Gasteiger partial charge is 0.261 e. The highest BCUT2D eigenvalue weighted by Crippen LogP contribution is 2.19. The van der Waals surface area contributed by atoms with E-state index < -0.39 is 36.6 Å². The van der Waals surface area contributed by atoms with Crippen molar-refractivity contribution in [2.24, 2.45) is 5.14 Å². The fourth-order valence-corrected chi connectivity index (χ4v) is 3.49. The van der Waals surface area contributed by atoms with Gasteiger partial charge in [-0.05, 0) is 35.9 Å². The van der Waals surface area contributed by atoms with Gasteiger partial charge in [0.1, 0.15) is 0 Å². The van der Waals surface area contributed by atoms with Gasteiger partial charge in [-0.3, -0.25) is 4.72 Å². The van der Waals surface area contributed by atoms with E-state index in [1.165, 1.54) is 24.3 Å². The maximum Gasteiger partial charge on any atom is 0.261 e. The third-order valence-corrected chi connectivity index (χ3v) is 4.89. The van der Waals surface area contributed by atoms with Gasteiger partial charge in [0.05, 0.1) is 10.6 Å². The SMILES string of the molecule is NS(=O)(=O)Cc1ccc(NS(=O)(=O)c2ccc(F)c(F)c2)cc1. The molecule has 0 unspecified atom stereocenters. The molecule has 3 N–H and O–H groups in total. The predicted octanol–water partition coefficient (Wildman–Crippen LogP) is 1.55. The van der Waals surface area contributed by atoms with E-state index in [9.17, 15) is 25.6 Å². The van der Waals surface area contributed by atoms with Gasteiger partial charge < -0.3 is 0 Å². The average molecular weight is 362 g/mol. The Labute approximate surface area is 132 Å². The lowest BCUT2D eigenvalue weighted by Gasteiger charge is -2.09. The lowest BCUT2D eigenvalue weighted by Crippen LogP contribution is -2.15. The Bertz CT molecular complexity index is 927. The van der Waals surface area contributed by atoms with E-state index in [1.807, 2.05) is 0 Å². The molecule has 0 spiro atoms. The number of hydrogen-bond donors (Lipinski definition) is 2. The van der Waals surface area contributed by atoms with E-state index in [-0.39, 0.29) is 11.4 Å². The molecule has 23 heavy (non-hydrogen) atoms. The third kappa shape index (κ3) is 4.71. The molecule has 0 aliphatic rings. The summed E-state index contributed by atoms with van der Waals surface area (Å²) < 4.78 is 74.2. The topological polar surface area (TPSA) is 106 Å². The van der Waals surface area contributed by atoms with Crippen LogP contribution in [-0.2, 0) is 25.8 Å². The van der Waals surface area contributed by atoms with Crippen LogP contribution in [0.25, 0.3) is 0 Å². The zero-order valence-electron chi connectivity index (χ0n) is 11.5. The third-order valence-electron chi connectivity index (χ3n) is 2.78. The highest BCUT2D eigenvalue weighted by atomic mass is 32.2. The molecule has 2 rings (SSSR count). The zero-order chi connectivity index (χ0) is 17.3. The number of anilines is 1. The molecule has 0 aliphatic heterocycles. The molecule has 2 aromatic rings. The molecule has 10 heteroatoms. The van der Waals surface area contributed by atoms with Crippen molar-refractivity contribution in [1.29, 1.82) is 0 Å². The van der Waals surface area contributed by atoms with Crippen LogP contribution in [0.1, 0.15) is 5.56 Å². The molecule has 0 bridgehead atoms. The maximum absolute atomic E-state index is 13.1. The van der Waals surface area contributed by atoms with Gasteiger partial charge >= 0.3 is 0 Å². The van der Waals surface area contributed by atoms with Crippen molar-refractivity contribution >= 4 is 25.7 Å². The number of halogens is 2. The number of rotatable bonds is 5. The standard InChI is InChI=1S/C13H12F2N2O4S2/c14-12-6-5-11(7-13(12)15)23(20,21)17-10-3-1-9(2-4-10)8-22(16,18)19/h1-7,17H,8H2,(H2,16,18,19). The van der Waals surface area contributed by atoms with Crippen molar-refractivity contribution in [3.63, 3.8) is 0 Å². The van der Waals surface area contributed by atoms with E-state index in [0.717, 1.165) is 6.07 Å². The molecule has 0 aromatic heterocycles. The number of nitrogens with two attached hydrogens (primary N) is 1. The summed E-state index contributed by atoms with van der Waals surface area (Å²) >= 11 is 0. The molecule has 0 saturated carbocycles. The van der Waals surface area contributed by atoms with E-state index in [1.54, 1.807) is 0 Å². The largest absolute Gasteiger partial charge is 0.280 e. The molecule has 124 valence electrons. The lowest BCUT2D eigenvalue weighted by molar-refractivity contribution is 0.504. The molecule has 0 fully saturated rings. The minimum atomic E-state index is -4.10. The highest BCUT2D eigenvalue weighted by Gasteiger charge is 2.16. The normalized spacial score (nSPS) is 12.1. The van der Waals surface area contributed by atoms with Crippen LogP contribution in [0, 0.1) is 11.6 Å². The molecular formula is C13H12F2N2O4S2. The number of benzene rings is 2. The molecule has 2 aromatic carbocycles. The first-order chi connectivity index (χ1) is 10.6. The summed E-state index contributed by atoms with van der Waals surface area (Å²) in [6.07, 6.45) is 0. The molecule has 0 radical (unpaired) electrons. The van der Waals surface area contributed by atoms with Crippen LogP contribution in [0.4, 0.5) is 14.5 Å². The number of nitrogens with one attached hydrogen (secondary N) is 1. The maximum atomic E-state index is 13.1. The van der Waals surface area contributed by atoms with Crippen molar-refractivity contribution in [2.45, 2.75) is 10.6 Å². The summed E-state index contributed by atoms with van der Waals surface area (Å²) in [7, 11) is -7.79. The van der Waals surface area contributed by atoms with Crippen LogP contribution in [0.5, 0.6) is 0 Å². The highest BCUT2D eigenvalue weighted by molar-refractivity contribution is 7.92. The number of hydrogen-bond acceptors (Lipinski definition) is 4. The molecule has 0 aliphatic carbocycles. The van der Waals surface area contributed by atoms with E-state index in [4.69, 9.17) is 5.14 Å². The van der Waals surface area contributed by atoms with Crippen LogP contribution >= 0.6 is 0 Å². The Morgan fingerprint density at radius 2 is 1.52 bits per heavy atom. The van der Waals surface area contributed by atoms with Gasteiger partial charge in [-0.15, -0.1) is 0 Å². The van der Waals surface area contributed by atoms with E-state index in [2.05, 4.69) is 4.72 Å². The number of sulfonamides is 2. The minimum absolute atomic E-state index is 0.132. The summed E-state index contributed by atoms with van der Waals surface area (Å²) in [6, 6.07) is 7.62. The van der Waals surface area contributed by atoms with Crippen molar-refractivity contribution in [1.82, 2.24) is 0 Å². The van der Waals surface area contributed by atoms with Gasteiger partial charge in [0.15, 0.2) is 11.6 Å². The van der Waals surface area contributed by atoms with Gasteiger partial charge in [0.25, 0.3) is 10.0 Å². The first-order valence-electron chi connectivity index (χ1n) is 6.14. The van der Waals surface area contributed by atoms with Crippen LogP contribution < -0.4 is 9.86 Å². The molecule has 0 saturated heterocycles. The molecule has 0 heterocycles. The van der Waals surface area contributed by atoms with Crippen molar-refractivity contribution in [2.75, 3.05) is 4.72 Å². The predicted molar refractivity (Wildman–Crippen MR) is 80.4 cm³/mol. The minimum Gasteiger partial charge on any atom is -0.280 e. The van der Waals surface area contributed by atoms with Crippen LogP contribution in [0.2, 0.25) is 0 Å². The van der Waals surface area contributed by atoms with Gasteiger partial charge in [-0.2, -0.15) is 0 Å². The summed E-state index contributed by atoms with van der Waals surface area (Å²) in [6.45, 7) is 0. The fourth-order valence-electron chi connectivity index (χ4n) is 1.76. The van der Waals surface area contributed by atoms with Crippen molar-refractivity contribution < 1.29 is 25.6 Å². The Morgan fingerprint density at radius 1 is 0.913 bits per heavy atom.